The molecule has 1 aromatic carbocycles. The number of nitrogens with one attached hydrogen (secondary N) is 1. The summed E-state index contributed by atoms with van der Waals surface area (Å²) in [5, 5.41) is 9.82. The van der Waals surface area contributed by atoms with Crippen molar-refractivity contribution in [2.45, 2.75) is 13.8 Å². The van der Waals surface area contributed by atoms with E-state index in [2.05, 4.69) is 15.4 Å². The number of carbonyl (C=O) groups is 1. The van der Waals surface area contributed by atoms with Crippen LogP contribution in [0.1, 0.15) is 13.8 Å². The number of hydrogen-bond acceptors (Lipinski definition) is 5. The highest BCUT2D eigenvalue weighted by Crippen LogP contribution is 2.33. The van der Waals surface area contributed by atoms with Crippen molar-refractivity contribution in [3.05, 3.63) is 33.6 Å². The van der Waals surface area contributed by atoms with Gasteiger partial charge in [-0.15, -0.1) is 16.4 Å². The van der Waals surface area contributed by atoms with Gasteiger partial charge < -0.3 is 4.74 Å². The zero-order valence-corrected chi connectivity index (χ0v) is 15.2. The van der Waals surface area contributed by atoms with Gasteiger partial charge in [0.25, 0.3) is 5.95 Å². The van der Waals surface area contributed by atoms with Crippen LogP contribution >= 0.6 is 34.5 Å². The molecule has 0 radical (unpaired) electrons. The number of thiazole rings is 1. The van der Waals surface area contributed by atoms with Crippen molar-refractivity contribution in [2.75, 3.05) is 11.9 Å². The van der Waals surface area contributed by atoms with Gasteiger partial charge in [0, 0.05) is 16.0 Å². The van der Waals surface area contributed by atoms with E-state index in [1.165, 1.54) is 11.3 Å². The summed E-state index contributed by atoms with van der Waals surface area (Å²) < 4.78 is 6.67. The topological polar surface area (TPSA) is 68.5 Å². The third kappa shape index (κ3) is 3.63. The molecule has 6 nitrogen and oxygen atoms in total. The van der Waals surface area contributed by atoms with Crippen LogP contribution in [0.3, 0.4) is 0 Å². The van der Waals surface area contributed by atoms with Gasteiger partial charge in [0.1, 0.15) is 0 Å². The van der Waals surface area contributed by atoms with Crippen LogP contribution in [0, 0.1) is 5.92 Å². The summed E-state index contributed by atoms with van der Waals surface area (Å²) in [6.07, 6.45) is -0.579. The molecule has 0 aliphatic carbocycles. The van der Waals surface area contributed by atoms with Gasteiger partial charge in [-0.2, -0.15) is 4.98 Å². The first kappa shape index (κ1) is 17.0. The van der Waals surface area contributed by atoms with Gasteiger partial charge >= 0.3 is 6.09 Å². The number of carbonyl (C=O) groups excluding carboxylic acids is 1. The van der Waals surface area contributed by atoms with E-state index in [-0.39, 0.29) is 11.9 Å². The Labute approximate surface area is 152 Å². The predicted molar refractivity (Wildman–Crippen MR) is 96.1 cm³/mol. The second-order valence-electron chi connectivity index (χ2n) is 5.49. The first-order valence-corrected chi connectivity index (χ1v) is 8.81. The highest BCUT2D eigenvalue weighted by molar-refractivity contribution is 7.15. The molecule has 0 bridgehead atoms. The van der Waals surface area contributed by atoms with Crippen molar-refractivity contribution < 1.29 is 9.53 Å². The summed E-state index contributed by atoms with van der Waals surface area (Å²) in [7, 11) is 0. The monoisotopic (exact) mass is 384 g/mol. The van der Waals surface area contributed by atoms with E-state index >= 15 is 0 Å². The van der Waals surface area contributed by atoms with Crippen molar-refractivity contribution >= 4 is 51.5 Å². The highest BCUT2D eigenvalue weighted by atomic mass is 35.5. The van der Waals surface area contributed by atoms with Crippen LogP contribution in [0.2, 0.25) is 10.0 Å². The first-order chi connectivity index (χ1) is 11.4. The second-order valence-corrected chi connectivity index (χ2v) is 7.17. The molecule has 1 amide bonds. The molecule has 126 valence electrons. The number of fused-ring (bicyclic) bond motifs is 1. The number of ether oxygens (including phenoxy) is 1. The van der Waals surface area contributed by atoms with Gasteiger partial charge in [-0.3, -0.25) is 5.32 Å². The summed E-state index contributed by atoms with van der Waals surface area (Å²) in [6, 6.07) is 5.20. The Hall–Kier alpha value is -1.83. The number of anilines is 1. The number of hydrogen-bond donors (Lipinski definition) is 1. The average molecular weight is 385 g/mol. The minimum absolute atomic E-state index is 0.176. The fourth-order valence-electron chi connectivity index (χ4n) is 1.98. The van der Waals surface area contributed by atoms with E-state index < -0.39 is 6.09 Å². The molecule has 3 aromatic rings. The lowest BCUT2D eigenvalue weighted by Crippen LogP contribution is -2.17. The summed E-state index contributed by atoms with van der Waals surface area (Å²) in [6.45, 7) is 4.25. The molecule has 0 saturated carbocycles. The van der Waals surface area contributed by atoms with Crippen LogP contribution in [0.15, 0.2) is 23.6 Å². The van der Waals surface area contributed by atoms with Gasteiger partial charge in [0.2, 0.25) is 4.96 Å². The Morgan fingerprint density at radius 3 is 2.96 bits per heavy atom. The lowest BCUT2D eigenvalue weighted by Gasteiger charge is -2.06. The molecule has 9 heteroatoms. The molecule has 0 aliphatic heterocycles. The molecule has 24 heavy (non-hydrogen) atoms. The average Bonchev–Trinajstić information content (AvgIpc) is 3.07. The molecule has 2 heterocycles. The zero-order chi connectivity index (χ0) is 17.3. The molecular weight excluding hydrogens is 371 g/mol. The Balaban J connectivity index is 1.87. The maximum Gasteiger partial charge on any atom is 0.414 e. The molecule has 0 spiro atoms. The summed E-state index contributed by atoms with van der Waals surface area (Å²) >= 11 is 13.7. The van der Waals surface area contributed by atoms with Crippen molar-refractivity contribution in [1.29, 1.82) is 0 Å². The summed E-state index contributed by atoms with van der Waals surface area (Å²) in [4.78, 5) is 16.6. The van der Waals surface area contributed by atoms with Crippen molar-refractivity contribution in [2.24, 2.45) is 5.92 Å². The fourth-order valence-corrected chi connectivity index (χ4v) is 3.19. The molecule has 0 aliphatic rings. The van der Waals surface area contributed by atoms with Gasteiger partial charge in [0.05, 0.1) is 17.3 Å². The Morgan fingerprint density at radius 2 is 2.21 bits per heavy atom. The minimum Gasteiger partial charge on any atom is -0.449 e. The van der Waals surface area contributed by atoms with E-state index in [0.29, 0.717) is 21.6 Å². The largest absolute Gasteiger partial charge is 0.449 e. The molecule has 0 fully saturated rings. The maximum atomic E-state index is 11.7. The third-order valence-corrected chi connectivity index (χ3v) is 4.43. The van der Waals surface area contributed by atoms with Crippen LogP contribution in [0.4, 0.5) is 10.7 Å². The molecule has 0 unspecified atom stereocenters. The molecule has 0 saturated heterocycles. The molecule has 0 atom stereocenters. The van der Waals surface area contributed by atoms with Crippen LogP contribution < -0.4 is 5.32 Å². The number of rotatable bonds is 4. The molecule has 2 aromatic heterocycles. The fraction of sp³-hybridized carbons (Fsp3) is 0.267. The molecule has 1 N–H and O–H groups in total. The summed E-state index contributed by atoms with van der Waals surface area (Å²) in [5.74, 6) is 0.431. The number of nitrogens with zero attached hydrogens (tertiary/aromatic N) is 3. The van der Waals surface area contributed by atoms with E-state index in [4.69, 9.17) is 27.9 Å². The molecular formula is C15H14Cl2N4O2S. The number of halogens is 2. The number of aromatic nitrogens is 3. The van der Waals surface area contributed by atoms with Crippen molar-refractivity contribution in [3.8, 4) is 11.3 Å². The van der Waals surface area contributed by atoms with Gasteiger partial charge in [-0.25, -0.2) is 9.31 Å². The van der Waals surface area contributed by atoms with Crippen LogP contribution in [0.25, 0.3) is 16.2 Å². The lowest BCUT2D eigenvalue weighted by molar-refractivity contribution is 0.147. The van der Waals surface area contributed by atoms with Crippen LogP contribution in [-0.2, 0) is 4.74 Å². The molecule has 3 rings (SSSR count). The van der Waals surface area contributed by atoms with Crippen LogP contribution in [-0.4, -0.2) is 27.3 Å². The van der Waals surface area contributed by atoms with Crippen molar-refractivity contribution in [3.63, 3.8) is 0 Å². The quantitative estimate of drug-likeness (QED) is 0.689. The van der Waals surface area contributed by atoms with Gasteiger partial charge in [-0.05, 0) is 24.1 Å². The Kier molecular flexibility index (Phi) is 4.93. The standard InChI is InChI=1S/C15H14Cl2N4O2S/c1-8(2)6-23-15(22)19-13-18-14-21(20-13)12(7-24-14)10-5-9(16)3-4-11(10)17/h3-5,7-8H,6H2,1-2H3,(H,19,20,22). The lowest BCUT2D eigenvalue weighted by atomic mass is 10.2. The smallest absolute Gasteiger partial charge is 0.414 e. The van der Waals surface area contributed by atoms with E-state index in [9.17, 15) is 4.79 Å². The normalized spacial score (nSPS) is 11.2. The van der Waals surface area contributed by atoms with Crippen molar-refractivity contribution in [1.82, 2.24) is 14.6 Å². The number of amides is 1. The van der Waals surface area contributed by atoms with E-state index in [1.54, 1.807) is 22.7 Å². The predicted octanol–water partition coefficient (Wildman–Crippen LogP) is 4.97. The first-order valence-electron chi connectivity index (χ1n) is 7.17. The number of benzene rings is 1. The maximum absolute atomic E-state index is 11.7. The van der Waals surface area contributed by atoms with E-state index in [1.807, 2.05) is 19.2 Å². The SMILES string of the molecule is CC(C)COC(=O)Nc1nc2scc(-c3cc(Cl)ccc3Cl)n2n1. The van der Waals surface area contributed by atoms with E-state index in [0.717, 1.165) is 11.3 Å². The minimum atomic E-state index is -0.579. The Bertz CT molecular complexity index is 891. The Morgan fingerprint density at radius 1 is 1.42 bits per heavy atom. The van der Waals surface area contributed by atoms with Crippen LogP contribution in [0.5, 0.6) is 0 Å². The summed E-state index contributed by atoms with van der Waals surface area (Å²) in [5.41, 5.74) is 1.49. The van der Waals surface area contributed by atoms with Gasteiger partial charge in [-0.1, -0.05) is 37.0 Å². The zero-order valence-electron chi connectivity index (χ0n) is 12.9. The highest BCUT2D eigenvalue weighted by Gasteiger charge is 2.16. The second kappa shape index (κ2) is 6.96. The van der Waals surface area contributed by atoms with Gasteiger partial charge in [0.15, 0.2) is 0 Å². The third-order valence-electron chi connectivity index (χ3n) is 3.05.